The number of hydrogen-bond acceptors (Lipinski definition) is 4. The van der Waals surface area contributed by atoms with Crippen molar-refractivity contribution in [3.05, 3.63) is 65.4 Å². The number of carbonyl (C=O) groups is 1. The van der Waals surface area contributed by atoms with Crippen molar-refractivity contribution in [2.45, 2.75) is 13.3 Å². The first-order chi connectivity index (χ1) is 12.1. The molecule has 0 spiro atoms. The summed E-state index contributed by atoms with van der Waals surface area (Å²) in [7, 11) is 1.65. The zero-order valence-corrected chi connectivity index (χ0v) is 14.2. The molecule has 2 aromatic carbocycles. The number of fused-ring (bicyclic) bond motifs is 1. The normalized spacial score (nSPS) is 10.6. The Morgan fingerprint density at radius 3 is 2.56 bits per heavy atom. The van der Waals surface area contributed by atoms with Crippen LogP contribution in [-0.4, -0.2) is 29.7 Å². The maximum Gasteiger partial charge on any atom is 0.322 e. The molecular weight excluding hydrogens is 316 g/mol. The first-order valence-corrected chi connectivity index (χ1v) is 8.04. The molecule has 2 N–H and O–H groups in total. The summed E-state index contributed by atoms with van der Waals surface area (Å²) in [5.74, 6) is -0.104. The van der Waals surface area contributed by atoms with Crippen molar-refractivity contribution >= 4 is 22.6 Å². The van der Waals surface area contributed by atoms with Crippen molar-refractivity contribution in [3.8, 4) is 5.75 Å². The zero-order valence-electron chi connectivity index (χ0n) is 14.2. The van der Waals surface area contributed by atoms with Crippen molar-refractivity contribution in [3.63, 3.8) is 0 Å². The van der Waals surface area contributed by atoms with E-state index in [1.54, 1.807) is 7.11 Å². The summed E-state index contributed by atoms with van der Waals surface area (Å²) in [5, 5.41) is 12.6. The first-order valence-electron chi connectivity index (χ1n) is 8.04. The van der Waals surface area contributed by atoms with Crippen molar-refractivity contribution in [1.82, 2.24) is 4.98 Å². The summed E-state index contributed by atoms with van der Waals surface area (Å²) < 4.78 is 5.43. The Morgan fingerprint density at radius 1 is 1.12 bits per heavy atom. The van der Waals surface area contributed by atoms with E-state index < -0.39 is 5.97 Å². The number of nitrogens with zero attached hydrogens (tertiary/aromatic N) is 1. The molecule has 128 valence electrons. The quantitative estimate of drug-likeness (QED) is 0.719. The first kappa shape index (κ1) is 16.8. The van der Waals surface area contributed by atoms with E-state index in [2.05, 4.69) is 22.4 Å². The molecule has 1 heterocycles. The molecule has 3 aromatic rings. The molecule has 0 unspecified atom stereocenters. The van der Waals surface area contributed by atoms with E-state index >= 15 is 0 Å². The van der Waals surface area contributed by atoms with Crippen LogP contribution in [-0.2, 0) is 11.2 Å². The Kier molecular flexibility index (Phi) is 4.84. The second-order valence-corrected chi connectivity index (χ2v) is 5.90. The summed E-state index contributed by atoms with van der Waals surface area (Å²) in [6.45, 7) is 1.88. The van der Waals surface area contributed by atoms with Crippen LogP contribution in [0.25, 0.3) is 10.9 Å². The van der Waals surface area contributed by atoms with Gasteiger partial charge in [0, 0.05) is 16.8 Å². The second-order valence-electron chi connectivity index (χ2n) is 5.90. The molecule has 0 aliphatic carbocycles. The molecule has 25 heavy (non-hydrogen) atoms. The highest BCUT2D eigenvalue weighted by Crippen LogP contribution is 2.28. The third kappa shape index (κ3) is 3.88. The van der Waals surface area contributed by atoms with Gasteiger partial charge in [-0.2, -0.15) is 0 Å². The number of anilines is 1. The van der Waals surface area contributed by atoms with Gasteiger partial charge in [0.05, 0.1) is 7.11 Å². The molecule has 3 rings (SSSR count). The van der Waals surface area contributed by atoms with Crippen LogP contribution >= 0.6 is 0 Å². The van der Waals surface area contributed by atoms with Crippen LogP contribution in [0.1, 0.15) is 16.8 Å². The van der Waals surface area contributed by atoms with Crippen molar-refractivity contribution in [1.29, 1.82) is 0 Å². The zero-order chi connectivity index (χ0) is 17.8. The average molecular weight is 336 g/mol. The fraction of sp³-hybridized carbons (Fsp3) is 0.200. The number of hydrogen-bond donors (Lipinski definition) is 2. The van der Waals surface area contributed by atoms with Crippen molar-refractivity contribution < 1.29 is 14.6 Å². The standard InChI is InChI=1S/C20H20N2O3/c1-13-3-9-17-15(6-10-18(25-2)20(17)22-13)11-14-4-7-16(8-5-14)21-12-19(23)24/h3-10,21H,11-12H2,1-2H3,(H,23,24). The molecule has 0 bridgehead atoms. The van der Waals surface area contributed by atoms with E-state index in [0.717, 1.165) is 40.0 Å². The summed E-state index contributed by atoms with van der Waals surface area (Å²) in [5.41, 5.74) is 4.95. The number of aliphatic carboxylic acids is 1. The molecule has 0 amide bonds. The Labute approximate surface area is 146 Å². The number of carboxylic acid groups (broad SMARTS) is 1. The van der Waals surface area contributed by atoms with Gasteiger partial charge in [0.1, 0.15) is 17.8 Å². The fourth-order valence-corrected chi connectivity index (χ4v) is 2.81. The lowest BCUT2D eigenvalue weighted by atomic mass is 9.99. The monoisotopic (exact) mass is 336 g/mol. The number of ether oxygens (including phenoxy) is 1. The fourth-order valence-electron chi connectivity index (χ4n) is 2.81. The summed E-state index contributed by atoms with van der Waals surface area (Å²) in [6, 6.07) is 15.9. The van der Waals surface area contributed by atoms with Crippen LogP contribution < -0.4 is 10.1 Å². The van der Waals surface area contributed by atoms with Crippen LogP contribution in [0.2, 0.25) is 0 Å². The topological polar surface area (TPSA) is 71.5 Å². The van der Waals surface area contributed by atoms with Crippen LogP contribution in [0.15, 0.2) is 48.5 Å². The minimum atomic E-state index is -0.878. The Balaban J connectivity index is 1.87. The third-order valence-corrected chi connectivity index (χ3v) is 4.06. The third-order valence-electron chi connectivity index (χ3n) is 4.06. The Hall–Kier alpha value is -3.08. The number of nitrogens with one attached hydrogen (secondary N) is 1. The van der Waals surface area contributed by atoms with Crippen molar-refractivity contribution in [2.75, 3.05) is 19.0 Å². The Morgan fingerprint density at radius 2 is 1.88 bits per heavy atom. The number of aromatic nitrogens is 1. The second kappa shape index (κ2) is 7.21. The lowest BCUT2D eigenvalue weighted by molar-refractivity contribution is -0.134. The number of methoxy groups -OCH3 is 1. The Bertz CT molecular complexity index is 905. The van der Waals surface area contributed by atoms with Crippen LogP contribution in [0.5, 0.6) is 5.75 Å². The van der Waals surface area contributed by atoms with Gasteiger partial charge >= 0.3 is 5.97 Å². The highest BCUT2D eigenvalue weighted by molar-refractivity contribution is 5.88. The number of aryl methyl sites for hydroxylation is 1. The van der Waals surface area contributed by atoms with Gasteiger partial charge in [-0.15, -0.1) is 0 Å². The summed E-state index contributed by atoms with van der Waals surface area (Å²) in [6.07, 6.45) is 0.768. The smallest absolute Gasteiger partial charge is 0.322 e. The van der Waals surface area contributed by atoms with Gasteiger partial charge in [-0.3, -0.25) is 4.79 Å². The van der Waals surface area contributed by atoms with Crippen LogP contribution in [0.3, 0.4) is 0 Å². The maximum atomic E-state index is 10.6. The van der Waals surface area contributed by atoms with Gasteiger partial charge in [0.2, 0.25) is 0 Å². The van der Waals surface area contributed by atoms with E-state index in [1.807, 2.05) is 43.3 Å². The SMILES string of the molecule is COc1ccc(Cc2ccc(NCC(=O)O)cc2)c2ccc(C)nc12. The van der Waals surface area contributed by atoms with Gasteiger partial charge in [-0.25, -0.2) is 4.98 Å². The molecule has 0 radical (unpaired) electrons. The van der Waals surface area contributed by atoms with E-state index in [0.29, 0.717) is 0 Å². The van der Waals surface area contributed by atoms with Crippen LogP contribution in [0.4, 0.5) is 5.69 Å². The largest absolute Gasteiger partial charge is 0.494 e. The van der Waals surface area contributed by atoms with Crippen molar-refractivity contribution in [2.24, 2.45) is 0 Å². The molecule has 5 nitrogen and oxygen atoms in total. The van der Waals surface area contributed by atoms with Gasteiger partial charge in [-0.1, -0.05) is 24.3 Å². The van der Waals surface area contributed by atoms with E-state index in [4.69, 9.17) is 9.84 Å². The average Bonchev–Trinajstić information content (AvgIpc) is 2.61. The molecule has 0 saturated carbocycles. The summed E-state index contributed by atoms with van der Waals surface area (Å²) >= 11 is 0. The highest BCUT2D eigenvalue weighted by Gasteiger charge is 2.09. The molecule has 0 atom stereocenters. The number of rotatable bonds is 6. The molecule has 0 aliphatic heterocycles. The van der Waals surface area contributed by atoms with Gasteiger partial charge in [-0.05, 0) is 48.7 Å². The predicted octanol–water partition coefficient (Wildman–Crippen LogP) is 3.64. The minimum Gasteiger partial charge on any atom is -0.494 e. The summed E-state index contributed by atoms with van der Waals surface area (Å²) in [4.78, 5) is 15.2. The molecule has 0 saturated heterocycles. The lowest BCUT2D eigenvalue weighted by Crippen LogP contribution is -2.12. The number of pyridine rings is 1. The number of benzene rings is 2. The van der Waals surface area contributed by atoms with Gasteiger partial charge in [0.25, 0.3) is 0 Å². The van der Waals surface area contributed by atoms with Gasteiger partial charge < -0.3 is 15.2 Å². The predicted molar refractivity (Wildman–Crippen MR) is 98.4 cm³/mol. The van der Waals surface area contributed by atoms with Crippen LogP contribution in [0, 0.1) is 6.92 Å². The molecule has 5 heteroatoms. The van der Waals surface area contributed by atoms with E-state index in [1.165, 1.54) is 5.56 Å². The number of carboxylic acids is 1. The minimum absolute atomic E-state index is 0.0898. The van der Waals surface area contributed by atoms with E-state index in [-0.39, 0.29) is 6.54 Å². The van der Waals surface area contributed by atoms with Gasteiger partial charge in [0.15, 0.2) is 0 Å². The van der Waals surface area contributed by atoms with E-state index in [9.17, 15) is 4.79 Å². The maximum absolute atomic E-state index is 10.6. The lowest BCUT2D eigenvalue weighted by Gasteiger charge is -2.11. The molecule has 1 aromatic heterocycles. The molecule has 0 fully saturated rings. The highest BCUT2D eigenvalue weighted by atomic mass is 16.5. The molecule has 0 aliphatic rings. The molecular formula is C20H20N2O3.